The van der Waals surface area contributed by atoms with E-state index in [1.54, 1.807) is 58.7 Å². The number of carbonyl (C=O) groups is 2. The normalized spacial score (nSPS) is 16.2. The maximum atomic E-state index is 13.7. The predicted molar refractivity (Wildman–Crippen MR) is 150 cm³/mol. The number of nitrogens with zero attached hydrogens (tertiary/aromatic N) is 2. The lowest BCUT2D eigenvalue weighted by atomic mass is 9.91. The number of aromatic nitrogens is 1. The topological polar surface area (TPSA) is 96.4 Å². The minimum atomic E-state index is -4.36. The molecule has 1 aliphatic heterocycles. The highest BCUT2D eigenvalue weighted by atomic mass is 32.2. The van der Waals surface area contributed by atoms with Gasteiger partial charge in [0.15, 0.2) is 4.91 Å². The van der Waals surface area contributed by atoms with Gasteiger partial charge in [0.05, 0.1) is 10.2 Å². The van der Waals surface area contributed by atoms with Crippen LogP contribution in [0.15, 0.2) is 77.3 Å². The van der Waals surface area contributed by atoms with E-state index in [-0.39, 0.29) is 16.8 Å². The first-order chi connectivity index (χ1) is 18.3. The second-order valence-corrected chi connectivity index (χ2v) is 12.3. The van der Waals surface area contributed by atoms with Crippen LogP contribution in [0.25, 0.3) is 20.8 Å². The number of rotatable bonds is 5. The quantitative estimate of drug-likeness (QED) is 0.342. The molecule has 4 aromatic rings. The number of likely N-dealkylation sites (tertiary alicyclic amines) is 1. The Balaban J connectivity index is 1.35. The van der Waals surface area contributed by atoms with Crippen molar-refractivity contribution in [2.75, 3.05) is 17.8 Å². The summed E-state index contributed by atoms with van der Waals surface area (Å²) in [6, 6.07) is 19.4. The van der Waals surface area contributed by atoms with Gasteiger partial charge in [-0.1, -0.05) is 30.3 Å². The van der Waals surface area contributed by atoms with Crippen molar-refractivity contribution in [3.63, 3.8) is 0 Å². The second-order valence-electron chi connectivity index (χ2n) is 9.60. The van der Waals surface area contributed by atoms with Gasteiger partial charge in [-0.25, -0.2) is 13.4 Å². The van der Waals surface area contributed by atoms with E-state index in [0.717, 1.165) is 45.6 Å². The van der Waals surface area contributed by atoms with Crippen molar-refractivity contribution < 1.29 is 18.0 Å². The maximum Gasteiger partial charge on any atom is 0.268 e. The zero-order valence-corrected chi connectivity index (χ0v) is 22.4. The first kappa shape index (κ1) is 24.5. The van der Waals surface area contributed by atoms with Crippen molar-refractivity contribution in [3.05, 3.63) is 94.0 Å². The van der Waals surface area contributed by atoms with E-state index < -0.39 is 26.5 Å². The van der Waals surface area contributed by atoms with Crippen LogP contribution in [0.5, 0.6) is 0 Å². The highest BCUT2D eigenvalue weighted by Gasteiger charge is 2.41. The Morgan fingerprint density at radius 1 is 0.868 bits per heavy atom. The molecule has 2 heterocycles. The third-order valence-corrected chi connectivity index (χ3v) is 9.41. The molecule has 0 unspecified atom stereocenters. The summed E-state index contributed by atoms with van der Waals surface area (Å²) in [5.74, 6) is -1.08. The fourth-order valence-electron chi connectivity index (χ4n) is 5.04. The molecule has 1 saturated heterocycles. The molecule has 1 aliphatic carbocycles. The molecule has 6 rings (SSSR count). The highest BCUT2D eigenvalue weighted by Crippen LogP contribution is 2.35. The average Bonchev–Trinajstić information content (AvgIpc) is 3.34. The van der Waals surface area contributed by atoms with E-state index in [2.05, 4.69) is 15.8 Å². The number of anilines is 1. The Hall–Kier alpha value is -3.82. The van der Waals surface area contributed by atoms with Gasteiger partial charge in [0.1, 0.15) is 10.7 Å². The number of allylic oxidation sites excluding steroid dienone is 2. The van der Waals surface area contributed by atoms with Crippen LogP contribution in [0.1, 0.15) is 45.5 Å². The Bertz CT molecular complexity index is 1730. The summed E-state index contributed by atoms with van der Waals surface area (Å²) in [7, 11) is -4.36. The van der Waals surface area contributed by atoms with Crippen molar-refractivity contribution in [1.82, 2.24) is 9.88 Å². The minimum Gasteiger partial charge on any atom is -0.367 e. The summed E-state index contributed by atoms with van der Waals surface area (Å²) in [5, 5.41) is 0.833. The molecular formula is C29H25N3O4S2. The van der Waals surface area contributed by atoms with Crippen LogP contribution in [0, 0.1) is 6.92 Å². The van der Waals surface area contributed by atoms with E-state index in [4.69, 9.17) is 0 Å². The summed E-state index contributed by atoms with van der Waals surface area (Å²) in [6.45, 7) is 3.10. The second kappa shape index (κ2) is 9.49. The molecule has 38 heavy (non-hydrogen) atoms. The van der Waals surface area contributed by atoms with Crippen LogP contribution in [-0.2, 0) is 10.0 Å². The van der Waals surface area contributed by atoms with E-state index in [0.29, 0.717) is 18.8 Å². The van der Waals surface area contributed by atoms with Gasteiger partial charge in [-0.2, -0.15) is 0 Å². The molecular weight excluding hydrogens is 518 g/mol. The third kappa shape index (κ3) is 4.31. The van der Waals surface area contributed by atoms with Crippen molar-refractivity contribution in [2.24, 2.45) is 0 Å². The molecule has 1 N–H and O–H groups in total. The molecule has 0 saturated carbocycles. The van der Waals surface area contributed by atoms with E-state index in [1.165, 1.54) is 6.07 Å². The molecule has 0 spiro atoms. The number of aryl methyl sites for hydroxylation is 1. The number of benzene rings is 3. The molecule has 2 aliphatic rings. The monoisotopic (exact) mass is 543 g/mol. The Labute approximate surface area is 224 Å². The van der Waals surface area contributed by atoms with E-state index >= 15 is 0 Å². The Morgan fingerprint density at radius 2 is 1.55 bits per heavy atom. The molecule has 1 fully saturated rings. The lowest BCUT2D eigenvalue weighted by Crippen LogP contribution is -2.40. The van der Waals surface area contributed by atoms with Crippen LogP contribution in [0.3, 0.4) is 0 Å². The molecule has 0 atom stereocenters. The summed E-state index contributed by atoms with van der Waals surface area (Å²) < 4.78 is 31.0. The first-order valence-corrected chi connectivity index (χ1v) is 14.8. The largest absolute Gasteiger partial charge is 0.367 e. The SMILES string of the molecule is Cc1ccc2nc(-c3ccc(NS(=O)(=O)C4=C(N5CCCCC5)C(=O)c5ccccc5C4=O)cc3)sc2c1. The fraction of sp³-hybridized carbons (Fsp3) is 0.207. The van der Waals surface area contributed by atoms with Crippen LogP contribution >= 0.6 is 11.3 Å². The van der Waals surface area contributed by atoms with Crippen molar-refractivity contribution in [2.45, 2.75) is 26.2 Å². The zero-order chi connectivity index (χ0) is 26.4. The lowest BCUT2D eigenvalue weighted by molar-refractivity contribution is 0.0939. The van der Waals surface area contributed by atoms with E-state index in [1.807, 2.05) is 19.1 Å². The van der Waals surface area contributed by atoms with Crippen LogP contribution < -0.4 is 4.72 Å². The number of hydrogen-bond donors (Lipinski definition) is 1. The molecule has 9 heteroatoms. The summed E-state index contributed by atoms with van der Waals surface area (Å²) in [6.07, 6.45) is 2.67. The van der Waals surface area contributed by atoms with Gasteiger partial charge in [0, 0.05) is 35.5 Å². The molecule has 1 aromatic heterocycles. The van der Waals surface area contributed by atoms with Gasteiger partial charge in [-0.3, -0.25) is 14.3 Å². The number of fused-ring (bicyclic) bond motifs is 2. The van der Waals surface area contributed by atoms with Crippen molar-refractivity contribution in [3.8, 4) is 10.6 Å². The molecule has 0 bridgehead atoms. The van der Waals surface area contributed by atoms with Crippen LogP contribution in [-0.4, -0.2) is 43.0 Å². The van der Waals surface area contributed by atoms with Gasteiger partial charge in [0.25, 0.3) is 10.0 Å². The number of Topliss-reactive ketones (excluding diaryl/α,β-unsaturated/α-hetero) is 2. The van der Waals surface area contributed by atoms with Gasteiger partial charge >= 0.3 is 0 Å². The third-order valence-electron chi connectivity index (χ3n) is 6.92. The predicted octanol–water partition coefficient (Wildman–Crippen LogP) is 5.79. The number of nitrogens with one attached hydrogen (secondary N) is 1. The number of piperidine rings is 1. The smallest absolute Gasteiger partial charge is 0.268 e. The zero-order valence-electron chi connectivity index (χ0n) is 20.7. The van der Waals surface area contributed by atoms with Crippen LogP contribution in [0.2, 0.25) is 0 Å². The highest BCUT2D eigenvalue weighted by molar-refractivity contribution is 7.97. The minimum absolute atomic E-state index is 0.0257. The summed E-state index contributed by atoms with van der Waals surface area (Å²) in [5.41, 5.74) is 3.57. The molecule has 192 valence electrons. The van der Waals surface area contributed by atoms with Crippen molar-refractivity contribution >= 4 is 48.8 Å². The summed E-state index contributed by atoms with van der Waals surface area (Å²) >= 11 is 1.57. The number of carbonyl (C=O) groups excluding carboxylic acids is 2. The first-order valence-electron chi connectivity index (χ1n) is 12.5. The summed E-state index contributed by atoms with van der Waals surface area (Å²) in [4.78, 5) is 33.0. The van der Waals surface area contributed by atoms with Crippen molar-refractivity contribution in [1.29, 1.82) is 0 Å². The Morgan fingerprint density at radius 3 is 2.26 bits per heavy atom. The van der Waals surface area contributed by atoms with Gasteiger partial charge < -0.3 is 4.90 Å². The number of ketones is 2. The fourth-order valence-corrected chi connectivity index (χ4v) is 7.48. The molecule has 0 amide bonds. The van der Waals surface area contributed by atoms with Gasteiger partial charge in [0.2, 0.25) is 11.6 Å². The van der Waals surface area contributed by atoms with E-state index in [9.17, 15) is 18.0 Å². The Kier molecular flexibility index (Phi) is 6.12. The maximum absolute atomic E-state index is 13.7. The number of thiazole rings is 1. The standard InChI is InChI=1S/C29H25N3O4S2/c1-18-9-14-23-24(17-18)37-29(30-23)19-10-12-20(13-11-19)31-38(35,36)28-25(32-15-5-2-6-16-32)26(33)21-7-3-4-8-22(21)27(28)34/h3-4,7-14,17,31H,2,5-6,15-16H2,1H3. The van der Waals surface area contributed by atoms with Crippen LogP contribution in [0.4, 0.5) is 5.69 Å². The van der Waals surface area contributed by atoms with Gasteiger partial charge in [-0.05, 0) is 68.1 Å². The lowest BCUT2D eigenvalue weighted by Gasteiger charge is -2.33. The number of hydrogen-bond acceptors (Lipinski definition) is 7. The number of sulfonamides is 1. The molecule has 0 radical (unpaired) electrons. The van der Waals surface area contributed by atoms with Gasteiger partial charge in [-0.15, -0.1) is 11.3 Å². The average molecular weight is 544 g/mol. The molecule has 3 aromatic carbocycles. The molecule has 7 nitrogen and oxygen atoms in total.